The average Bonchev–Trinajstić information content (AvgIpc) is 2.29. The highest BCUT2D eigenvalue weighted by molar-refractivity contribution is 6.60. The van der Waals surface area contributed by atoms with E-state index in [2.05, 4.69) is 5.48 Å². The molecule has 6 nitrogen and oxygen atoms in total. The van der Waals surface area contributed by atoms with Gasteiger partial charge in [-0.1, -0.05) is 0 Å². The van der Waals surface area contributed by atoms with Crippen molar-refractivity contribution in [1.29, 1.82) is 0 Å². The second kappa shape index (κ2) is 9.22. The molecule has 7 heteroatoms. The van der Waals surface area contributed by atoms with Crippen molar-refractivity contribution in [3.63, 3.8) is 0 Å². The Labute approximate surface area is 91.8 Å². The van der Waals surface area contributed by atoms with Gasteiger partial charge in [0.15, 0.2) is 0 Å². The molecule has 0 aliphatic rings. The van der Waals surface area contributed by atoms with Gasteiger partial charge in [0.25, 0.3) is 0 Å². The standard InChI is InChI=1S/C8H21NO5Si/c1-11-15(12-2,13-3)8-4-5-9-14-7-6-10/h9-10H,4-8H2,1-3H3. The first-order valence-electron chi connectivity index (χ1n) is 4.85. The molecule has 0 aromatic heterocycles. The molecule has 0 saturated heterocycles. The van der Waals surface area contributed by atoms with Gasteiger partial charge in [0.1, 0.15) is 0 Å². The van der Waals surface area contributed by atoms with E-state index in [0.717, 1.165) is 12.5 Å². The van der Waals surface area contributed by atoms with Crippen LogP contribution in [0.4, 0.5) is 0 Å². The Kier molecular flexibility index (Phi) is 9.21. The monoisotopic (exact) mass is 239 g/mol. The third-order valence-corrected chi connectivity index (χ3v) is 4.82. The van der Waals surface area contributed by atoms with Crippen LogP contribution in [-0.2, 0) is 18.1 Å². The lowest BCUT2D eigenvalue weighted by Crippen LogP contribution is -2.43. The molecular formula is C8H21NO5Si. The van der Waals surface area contributed by atoms with Crippen LogP contribution in [-0.4, -0.2) is 55.0 Å². The summed E-state index contributed by atoms with van der Waals surface area (Å²) in [4.78, 5) is 4.89. The minimum atomic E-state index is -2.43. The van der Waals surface area contributed by atoms with Crippen LogP contribution in [0.25, 0.3) is 0 Å². The zero-order valence-corrected chi connectivity index (χ0v) is 10.6. The predicted molar refractivity (Wildman–Crippen MR) is 57.2 cm³/mol. The lowest BCUT2D eigenvalue weighted by Gasteiger charge is -2.24. The van der Waals surface area contributed by atoms with Crippen LogP contribution in [0.3, 0.4) is 0 Å². The van der Waals surface area contributed by atoms with E-state index in [1.165, 1.54) is 0 Å². The molecule has 0 atom stereocenters. The third-order valence-electron chi connectivity index (χ3n) is 1.99. The molecule has 92 valence electrons. The Morgan fingerprint density at radius 2 is 1.73 bits per heavy atom. The van der Waals surface area contributed by atoms with E-state index < -0.39 is 8.80 Å². The number of aliphatic hydroxyl groups is 1. The van der Waals surface area contributed by atoms with Crippen molar-refractivity contribution in [1.82, 2.24) is 5.48 Å². The van der Waals surface area contributed by atoms with Crippen LogP contribution < -0.4 is 5.48 Å². The van der Waals surface area contributed by atoms with E-state index in [1.54, 1.807) is 21.3 Å². The number of rotatable bonds is 10. The minimum absolute atomic E-state index is 0.0138. The molecule has 0 aliphatic heterocycles. The highest BCUT2D eigenvalue weighted by Crippen LogP contribution is 2.14. The second-order valence-corrected chi connectivity index (χ2v) is 5.96. The molecular weight excluding hydrogens is 218 g/mol. The summed E-state index contributed by atoms with van der Waals surface area (Å²) in [6, 6.07) is 0.728. The van der Waals surface area contributed by atoms with Crippen LogP contribution in [0, 0.1) is 0 Å². The van der Waals surface area contributed by atoms with E-state index in [9.17, 15) is 0 Å². The first kappa shape index (κ1) is 15.0. The molecule has 0 aromatic carbocycles. The Balaban J connectivity index is 3.54. The highest BCUT2D eigenvalue weighted by atomic mass is 28.4. The van der Waals surface area contributed by atoms with Crippen LogP contribution >= 0.6 is 0 Å². The maximum absolute atomic E-state index is 8.45. The molecule has 0 aromatic rings. The maximum atomic E-state index is 8.45. The molecule has 0 spiro atoms. The van der Waals surface area contributed by atoms with E-state index in [0.29, 0.717) is 13.2 Å². The molecule has 0 radical (unpaired) electrons. The Morgan fingerprint density at radius 1 is 1.13 bits per heavy atom. The van der Waals surface area contributed by atoms with Crippen molar-refractivity contribution < 1.29 is 23.2 Å². The largest absolute Gasteiger partial charge is 0.500 e. The molecule has 15 heavy (non-hydrogen) atoms. The fourth-order valence-electron chi connectivity index (χ4n) is 1.12. The molecule has 0 bridgehead atoms. The first-order chi connectivity index (χ1) is 7.24. The van der Waals surface area contributed by atoms with Crippen molar-refractivity contribution in [3.05, 3.63) is 0 Å². The quantitative estimate of drug-likeness (QED) is 0.312. The molecule has 0 amide bonds. The predicted octanol–water partition coefficient (Wildman–Crippen LogP) is -0.232. The highest BCUT2D eigenvalue weighted by Gasteiger charge is 2.36. The minimum Gasteiger partial charge on any atom is -0.394 e. The molecule has 0 fully saturated rings. The van der Waals surface area contributed by atoms with Crippen molar-refractivity contribution >= 4 is 8.80 Å². The fraction of sp³-hybridized carbons (Fsp3) is 1.00. The van der Waals surface area contributed by atoms with Gasteiger partial charge in [0.2, 0.25) is 0 Å². The molecule has 0 unspecified atom stereocenters. The Hall–Kier alpha value is -0.0231. The smallest absolute Gasteiger partial charge is 0.394 e. The zero-order valence-electron chi connectivity index (χ0n) is 9.62. The van der Waals surface area contributed by atoms with Crippen LogP contribution in [0.2, 0.25) is 6.04 Å². The van der Waals surface area contributed by atoms with Gasteiger partial charge in [-0.05, 0) is 6.42 Å². The Bertz CT molecular complexity index is 137. The molecule has 0 saturated carbocycles. The SMILES string of the molecule is CO[Si](CCCNOCCO)(OC)OC. The Morgan fingerprint density at radius 3 is 2.20 bits per heavy atom. The normalized spacial score (nSPS) is 12.0. The molecule has 0 aliphatic carbocycles. The van der Waals surface area contributed by atoms with Gasteiger partial charge < -0.3 is 18.4 Å². The lowest BCUT2D eigenvalue weighted by atomic mass is 10.5. The van der Waals surface area contributed by atoms with Crippen LogP contribution in [0.1, 0.15) is 6.42 Å². The van der Waals surface area contributed by atoms with E-state index in [1.807, 2.05) is 0 Å². The summed E-state index contributed by atoms with van der Waals surface area (Å²) in [5.41, 5.74) is 2.73. The first-order valence-corrected chi connectivity index (χ1v) is 6.79. The second-order valence-electron chi connectivity index (χ2n) is 2.87. The van der Waals surface area contributed by atoms with Crippen LogP contribution in [0.5, 0.6) is 0 Å². The van der Waals surface area contributed by atoms with Gasteiger partial charge in [-0.3, -0.25) is 4.84 Å². The zero-order chi connectivity index (χ0) is 11.6. The summed E-state index contributed by atoms with van der Waals surface area (Å²) in [7, 11) is 2.35. The number of hydroxylamine groups is 1. The summed E-state index contributed by atoms with van der Waals surface area (Å²) in [5, 5.41) is 8.45. The molecule has 0 heterocycles. The van der Waals surface area contributed by atoms with Gasteiger partial charge >= 0.3 is 8.80 Å². The van der Waals surface area contributed by atoms with Crippen molar-refractivity contribution in [3.8, 4) is 0 Å². The van der Waals surface area contributed by atoms with Gasteiger partial charge in [-0.15, -0.1) is 0 Å². The van der Waals surface area contributed by atoms with E-state index in [-0.39, 0.29) is 6.61 Å². The van der Waals surface area contributed by atoms with Crippen molar-refractivity contribution in [2.75, 3.05) is 41.1 Å². The van der Waals surface area contributed by atoms with Gasteiger partial charge in [-0.25, -0.2) is 5.48 Å². The number of nitrogens with one attached hydrogen (secondary N) is 1. The fourth-order valence-corrected chi connectivity index (χ4v) is 2.85. The van der Waals surface area contributed by atoms with Crippen molar-refractivity contribution in [2.45, 2.75) is 12.5 Å². The molecule has 0 rings (SSSR count). The number of aliphatic hydroxyl groups excluding tert-OH is 1. The number of hydrogen-bond donors (Lipinski definition) is 2. The lowest BCUT2D eigenvalue weighted by molar-refractivity contribution is 0.0171. The summed E-state index contributed by atoms with van der Waals surface area (Å²) in [5.74, 6) is 0. The maximum Gasteiger partial charge on any atom is 0.500 e. The summed E-state index contributed by atoms with van der Waals surface area (Å²) < 4.78 is 15.7. The van der Waals surface area contributed by atoms with Gasteiger partial charge in [0.05, 0.1) is 13.2 Å². The number of hydrogen-bond acceptors (Lipinski definition) is 6. The van der Waals surface area contributed by atoms with Crippen LogP contribution in [0.15, 0.2) is 0 Å². The summed E-state index contributed by atoms with van der Waals surface area (Å²) >= 11 is 0. The van der Waals surface area contributed by atoms with E-state index >= 15 is 0 Å². The average molecular weight is 239 g/mol. The van der Waals surface area contributed by atoms with Gasteiger partial charge in [-0.2, -0.15) is 0 Å². The molecule has 2 N–H and O–H groups in total. The topological polar surface area (TPSA) is 69.2 Å². The van der Waals surface area contributed by atoms with Gasteiger partial charge in [0, 0.05) is 33.9 Å². The van der Waals surface area contributed by atoms with E-state index in [4.69, 9.17) is 23.2 Å². The summed E-state index contributed by atoms with van der Waals surface area (Å²) in [6.07, 6.45) is 0.827. The van der Waals surface area contributed by atoms with Crippen molar-refractivity contribution in [2.24, 2.45) is 0 Å². The third kappa shape index (κ3) is 6.20. The summed E-state index contributed by atoms with van der Waals surface area (Å²) in [6.45, 7) is 0.978.